The number of nitrogens with zero attached hydrogens (tertiary/aromatic N) is 1. The normalized spacial score (nSPS) is 24.9. The lowest BCUT2D eigenvalue weighted by atomic mass is 10.1. The van der Waals surface area contributed by atoms with E-state index in [2.05, 4.69) is 0 Å². The first-order chi connectivity index (χ1) is 8.55. The molecule has 0 aromatic heterocycles. The van der Waals surface area contributed by atoms with Gasteiger partial charge in [-0.1, -0.05) is 30.3 Å². The van der Waals surface area contributed by atoms with Crippen LogP contribution in [-0.2, 0) is 11.2 Å². The van der Waals surface area contributed by atoms with Crippen molar-refractivity contribution in [2.75, 3.05) is 6.54 Å². The van der Waals surface area contributed by atoms with Crippen molar-refractivity contribution in [1.82, 2.24) is 4.90 Å². The van der Waals surface area contributed by atoms with Gasteiger partial charge >= 0.3 is 0 Å². The third-order valence-corrected chi connectivity index (χ3v) is 3.45. The van der Waals surface area contributed by atoms with Gasteiger partial charge in [0.2, 0.25) is 5.91 Å². The molecule has 1 saturated heterocycles. The van der Waals surface area contributed by atoms with Gasteiger partial charge in [-0.3, -0.25) is 0 Å². The lowest BCUT2D eigenvalue weighted by Crippen LogP contribution is -2.57. The van der Waals surface area contributed by atoms with Crippen molar-refractivity contribution >= 4 is 6.29 Å². The first-order valence-electron chi connectivity index (χ1n) is 6.02. The zero-order valence-electron chi connectivity index (χ0n) is 10.1. The Kier molecular flexibility index (Phi) is 3.77. The Bertz CT molecular complexity index is 408. The Labute approximate surface area is 106 Å². The third kappa shape index (κ3) is 2.44. The standard InChI is InChI=1S/C13H18N2O3/c14-12-6-7-15(13(12,17)18)11(9-16)8-10-4-2-1-3-5-10/h1-5,9,11-12,17-18H,6-8,14H2. The maximum atomic E-state index is 11.2. The summed E-state index contributed by atoms with van der Waals surface area (Å²) in [7, 11) is 0. The molecule has 5 heteroatoms. The van der Waals surface area contributed by atoms with Crippen molar-refractivity contribution in [3.8, 4) is 0 Å². The first-order valence-corrected chi connectivity index (χ1v) is 6.02. The van der Waals surface area contributed by atoms with Crippen LogP contribution >= 0.6 is 0 Å². The fourth-order valence-electron chi connectivity index (χ4n) is 2.35. The van der Waals surface area contributed by atoms with Gasteiger partial charge in [0, 0.05) is 6.54 Å². The van der Waals surface area contributed by atoms with E-state index in [1.807, 2.05) is 30.3 Å². The lowest BCUT2D eigenvalue weighted by Gasteiger charge is -2.34. The Balaban J connectivity index is 2.13. The quantitative estimate of drug-likeness (QED) is 0.494. The molecule has 1 heterocycles. The molecule has 0 aliphatic carbocycles. The molecule has 0 saturated carbocycles. The number of aliphatic hydroxyl groups is 2. The van der Waals surface area contributed by atoms with Crippen LogP contribution in [0.3, 0.4) is 0 Å². The molecule has 0 radical (unpaired) electrons. The smallest absolute Gasteiger partial charge is 0.241 e. The van der Waals surface area contributed by atoms with Crippen LogP contribution in [0.2, 0.25) is 0 Å². The minimum Gasteiger partial charge on any atom is -0.352 e. The van der Waals surface area contributed by atoms with E-state index in [1.54, 1.807) is 0 Å². The molecule has 0 amide bonds. The average Bonchev–Trinajstić information content (AvgIpc) is 2.63. The molecule has 18 heavy (non-hydrogen) atoms. The molecular formula is C13H18N2O3. The Morgan fingerprint density at radius 1 is 1.44 bits per heavy atom. The number of carbonyl (C=O) groups excluding carboxylic acids is 1. The van der Waals surface area contributed by atoms with Crippen molar-refractivity contribution in [3.63, 3.8) is 0 Å². The van der Waals surface area contributed by atoms with E-state index in [0.29, 0.717) is 19.4 Å². The summed E-state index contributed by atoms with van der Waals surface area (Å²) in [5, 5.41) is 19.8. The van der Waals surface area contributed by atoms with Crippen molar-refractivity contribution in [2.24, 2.45) is 5.73 Å². The van der Waals surface area contributed by atoms with E-state index in [0.717, 1.165) is 11.8 Å². The predicted octanol–water partition coefficient (Wildman–Crippen LogP) is -0.532. The number of hydrogen-bond donors (Lipinski definition) is 3. The molecule has 1 aromatic rings. The van der Waals surface area contributed by atoms with Gasteiger partial charge in [-0.25, -0.2) is 4.90 Å². The number of benzene rings is 1. The second-order valence-corrected chi connectivity index (χ2v) is 4.67. The van der Waals surface area contributed by atoms with Crippen molar-refractivity contribution < 1.29 is 15.0 Å². The van der Waals surface area contributed by atoms with Gasteiger partial charge in [0.15, 0.2) is 0 Å². The summed E-state index contributed by atoms with van der Waals surface area (Å²) in [6.45, 7) is 0.407. The van der Waals surface area contributed by atoms with Crippen LogP contribution in [0.15, 0.2) is 30.3 Å². The van der Waals surface area contributed by atoms with Crippen molar-refractivity contribution in [2.45, 2.75) is 30.8 Å². The number of rotatable bonds is 4. The zero-order valence-corrected chi connectivity index (χ0v) is 10.1. The highest BCUT2D eigenvalue weighted by molar-refractivity contribution is 5.58. The molecule has 0 spiro atoms. The zero-order chi connectivity index (χ0) is 13.2. The number of carbonyl (C=O) groups is 1. The highest BCUT2D eigenvalue weighted by atomic mass is 16.5. The van der Waals surface area contributed by atoms with Gasteiger partial charge in [-0.2, -0.15) is 0 Å². The topological polar surface area (TPSA) is 86.8 Å². The molecular weight excluding hydrogens is 232 g/mol. The molecule has 5 nitrogen and oxygen atoms in total. The van der Waals surface area contributed by atoms with Crippen LogP contribution in [0.25, 0.3) is 0 Å². The fourth-order valence-corrected chi connectivity index (χ4v) is 2.35. The number of nitrogens with two attached hydrogens (primary N) is 1. The van der Waals surface area contributed by atoms with Crippen LogP contribution in [0.4, 0.5) is 0 Å². The molecule has 0 bridgehead atoms. The molecule has 1 aliphatic heterocycles. The Morgan fingerprint density at radius 2 is 2.11 bits per heavy atom. The number of aldehydes is 1. The van der Waals surface area contributed by atoms with Crippen molar-refractivity contribution in [3.05, 3.63) is 35.9 Å². The second-order valence-electron chi connectivity index (χ2n) is 4.67. The monoisotopic (exact) mass is 250 g/mol. The van der Waals surface area contributed by atoms with E-state index in [4.69, 9.17) is 5.73 Å². The Morgan fingerprint density at radius 3 is 2.61 bits per heavy atom. The molecule has 1 fully saturated rings. The minimum atomic E-state index is -2.10. The summed E-state index contributed by atoms with van der Waals surface area (Å²) < 4.78 is 0. The molecule has 2 unspecified atom stereocenters. The first kappa shape index (κ1) is 13.2. The lowest BCUT2D eigenvalue weighted by molar-refractivity contribution is -0.259. The average molecular weight is 250 g/mol. The van der Waals surface area contributed by atoms with Gasteiger partial charge in [-0.05, 0) is 18.4 Å². The Hall–Kier alpha value is -1.27. The molecule has 98 valence electrons. The predicted molar refractivity (Wildman–Crippen MR) is 66.5 cm³/mol. The van der Waals surface area contributed by atoms with Gasteiger partial charge in [0.1, 0.15) is 6.29 Å². The van der Waals surface area contributed by atoms with Crippen molar-refractivity contribution in [1.29, 1.82) is 0 Å². The van der Waals surface area contributed by atoms with Crippen LogP contribution < -0.4 is 5.73 Å². The molecule has 1 aliphatic rings. The van der Waals surface area contributed by atoms with Gasteiger partial charge in [-0.15, -0.1) is 0 Å². The molecule has 4 N–H and O–H groups in total. The van der Waals surface area contributed by atoms with Gasteiger partial charge < -0.3 is 20.7 Å². The summed E-state index contributed by atoms with van der Waals surface area (Å²) in [6, 6.07) is 8.17. The summed E-state index contributed by atoms with van der Waals surface area (Å²) in [6.07, 6.45) is 1.65. The van der Waals surface area contributed by atoms with Gasteiger partial charge in [0.05, 0.1) is 12.1 Å². The summed E-state index contributed by atoms with van der Waals surface area (Å²) in [5.74, 6) is -2.10. The highest BCUT2D eigenvalue weighted by Crippen LogP contribution is 2.26. The van der Waals surface area contributed by atoms with Crippen LogP contribution in [-0.4, -0.2) is 45.9 Å². The largest absolute Gasteiger partial charge is 0.352 e. The second kappa shape index (κ2) is 5.16. The van der Waals surface area contributed by atoms with Crippen LogP contribution in [0.1, 0.15) is 12.0 Å². The van der Waals surface area contributed by atoms with Gasteiger partial charge in [0.25, 0.3) is 0 Å². The SMILES string of the molecule is NC1CCN(C(C=O)Cc2ccccc2)C1(O)O. The van der Waals surface area contributed by atoms with E-state index in [1.165, 1.54) is 4.90 Å². The highest BCUT2D eigenvalue weighted by Gasteiger charge is 2.47. The van der Waals surface area contributed by atoms with Crippen LogP contribution in [0, 0.1) is 0 Å². The minimum absolute atomic E-state index is 0.407. The molecule has 2 rings (SSSR count). The number of likely N-dealkylation sites (tertiary alicyclic amines) is 1. The maximum Gasteiger partial charge on any atom is 0.241 e. The summed E-state index contributed by atoms with van der Waals surface area (Å²) in [5.41, 5.74) is 6.61. The third-order valence-electron chi connectivity index (χ3n) is 3.45. The summed E-state index contributed by atoms with van der Waals surface area (Å²) in [4.78, 5) is 12.5. The number of hydrogen-bond acceptors (Lipinski definition) is 5. The summed E-state index contributed by atoms with van der Waals surface area (Å²) >= 11 is 0. The van der Waals surface area contributed by atoms with E-state index >= 15 is 0 Å². The maximum absolute atomic E-state index is 11.2. The van der Waals surface area contributed by atoms with E-state index in [-0.39, 0.29) is 0 Å². The van der Waals surface area contributed by atoms with E-state index < -0.39 is 18.0 Å². The van der Waals surface area contributed by atoms with Crippen LogP contribution in [0.5, 0.6) is 0 Å². The fraction of sp³-hybridized carbons (Fsp3) is 0.462. The molecule has 2 atom stereocenters. The van der Waals surface area contributed by atoms with E-state index in [9.17, 15) is 15.0 Å². The molecule has 1 aromatic carbocycles.